The molecule has 0 fully saturated rings. The number of aryl methyl sites for hydroxylation is 1. The molecule has 1 atom stereocenters. The second-order valence-corrected chi connectivity index (χ2v) is 8.46. The third kappa shape index (κ3) is 3.61. The number of anilines is 1. The Kier molecular flexibility index (Phi) is 4.63. The Balaban J connectivity index is 1.71. The van der Waals surface area contributed by atoms with Gasteiger partial charge in [-0.15, -0.1) is 11.3 Å². The maximum absolute atomic E-state index is 12.4. The number of nitrogens with one attached hydrogen (secondary N) is 1. The molecule has 0 unspecified atom stereocenters. The van der Waals surface area contributed by atoms with Gasteiger partial charge in [-0.3, -0.25) is 10.1 Å². The van der Waals surface area contributed by atoms with Crippen molar-refractivity contribution in [3.8, 4) is 5.75 Å². The SMILES string of the molecule is COc1ccc(C(=O)Nc2nc3c(s2)C[C@H](C(C)(C)C)CC3)cc1. The molecule has 4 nitrogen and oxygen atoms in total. The highest BCUT2D eigenvalue weighted by Gasteiger charge is 2.30. The molecule has 0 bridgehead atoms. The largest absolute Gasteiger partial charge is 0.497 e. The highest BCUT2D eigenvalue weighted by Crippen LogP contribution is 2.40. The van der Waals surface area contributed by atoms with Crippen LogP contribution in [0.1, 0.15) is 48.1 Å². The second-order valence-electron chi connectivity index (χ2n) is 7.38. The van der Waals surface area contributed by atoms with E-state index in [0.29, 0.717) is 22.0 Å². The van der Waals surface area contributed by atoms with Crippen LogP contribution in [-0.2, 0) is 12.8 Å². The summed E-state index contributed by atoms with van der Waals surface area (Å²) in [5.74, 6) is 1.29. The van der Waals surface area contributed by atoms with E-state index in [1.807, 2.05) is 0 Å². The van der Waals surface area contributed by atoms with Crippen molar-refractivity contribution in [1.29, 1.82) is 0 Å². The van der Waals surface area contributed by atoms with E-state index >= 15 is 0 Å². The maximum Gasteiger partial charge on any atom is 0.257 e. The lowest BCUT2D eigenvalue weighted by atomic mass is 9.73. The Bertz CT molecular complexity index is 729. The molecule has 0 radical (unpaired) electrons. The minimum absolute atomic E-state index is 0.129. The number of carbonyl (C=O) groups excluding carboxylic acids is 1. The second kappa shape index (κ2) is 6.55. The van der Waals surface area contributed by atoms with Crippen LogP contribution in [0, 0.1) is 11.3 Å². The number of benzene rings is 1. The minimum Gasteiger partial charge on any atom is -0.497 e. The van der Waals surface area contributed by atoms with Crippen molar-refractivity contribution < 1.29 is 9.53 Å². The third-order valence-corrected chi connectivity index (χ3v) is 5.77. The van der Waals surface area contributed by atoms with Crippen LogP contribution < -0.4 is 10.1 Å². The third-order valence-electron chi connectivity index (χ3n) is 4.74. The summed E-state index contributed by atoms with van der Waals surface area (Å²) in [7, 11) is 1.61. The zero-order chi connectivity index (χ0) is 17.3. The molecular formula is C19H24N2O2S. The summed E-state index contributed by atoms with van der Waals surface area (Å²) >= 11 is 1.62. The number of aromatic nitrogens is 1. The molecule has 0 saturated heterocycles. The first-order valence-electron chi connectivity index (χ1n) is 8.31. The number of rotatable bonds is 3. The van der Waals surface area contributed by atoms with Crippen molar-refractivity contribution in [2.45, 2.75) is 40.0 Å². The molecule has 0 spiro atoms. The Morgan fingerprint density at radius 1 is 1.29 bits per heavy atom. The fraction of sp³-hybridized carbons (Fsp3) is 0.474. The standard InChI is InChI=1S/C19H24N2O2S/c1-19(2,3)13-7-10-15-16(11-13)24-18(20-15)21-17(22)12-5-8-14(23-4)9-6-12/h5-6,8-9,13H,7,10-11H2,1-4H3,(H,20,21,22)/t13-/m1/s1. The summed E-state index contributed by atoms with van der Waals surface area (Å²) < 4.78 is 5.12. The normalized spacial score (nSPS) is 17.2. The molecule has 5 heteroatoms. The van der Waals surface area contributed by atoms with Crippen molar-refractivity contribution in [3.63, 3.8) is 0 Å². The molecule has 2 aromatic rings. The summed E-state index contributed by atoms with van der Waals surface area (Å²) in [5.41, 5.74) is 2.08. The van der Waals surface area contributed by atoms with Gasteiger partial charge in [-0.05, 0) is 54.9 Å². The highest BCUT2D eigenvalue weighted by molar-refractivity contribution is 7.15. The van der Waals surface area contributed by atoms with Crippen LogP contribution in [0.3, 0.4) is 0 Å². The molecule has 1 aliphatic carbocycles. The van der Waals surface area contributed by atoms with E-state index in [9.17, 15) is 4.79 Å². The van der Waals surface area contributed by atoms with Gasteiger partial charge in [0, 0.05) is 10.4 Å². The molecule has 128 valence electrons. The van der Waals surface area contributed by atoms with E-state index < -0.39 is 0 Å². The molecule has 1 aromatic carbocycles. The van der Waals surface area contributed by atoms with Crippen LogP contribution >= 0.6 is 11.3 Å². The number of nitrogens with zero attached hydrogens (tertiary/aromatic N) is 1. The van der Waals surface area contributed by atoms with E-state index in [4.69, 9.17) is 4.74 Å². The van der Waals surface area contributed by atoms with Gasteiger partial charge in [-0.25, -0.2) is 4.98 Å². The van der Waals surface area contributed by atoms with Crippen LogP contribution in [0.25, 0.3) is 0 Å². The fourth-order valence-electron chi connectivity index (χ4n) is 3.08. The summed E-state index contributed by atoms with van der Waals surface area (Å²) in [6.07, 6.45) is 3.24. The summed E-state index contributed by atoms with van der Waals surface area (Å²) in [6.45, 7) is 6.90. The molecule has 1 heterocycles. The number of hydrogen-bond acceptors (Lipinski definition) is 4. The lowest BCUT2D eigenvalue weighted by Crippen LogP contribution is -2.26. The van der Waals surface area contributed by atoms with Gasteiger partial charge in [-0.1, -0.05) is 20.8 Å². The van der Waals surface area contributed by atoms with E-state index in [2.05, 4.69) is 31.1 Å². The Morgan fingerprint density at radius 3 is 2.62 bits per heavy atom. The monoisotopic (exact) mass is 344 g/mol. The average Bonchev–Trinajstić information content (AvgIpc) is 2.95. The van der Waals surface area contributed by atoms with Crippen molar-refractivity contribution in [2.24, 2.45) is 11.3 Å². The first kappa shape index (κ1) is 17.0. The molecule has 1 N–H and O–H groups in total. The number of methoxy groups -OCH3 is 1. The number of thiazole rings is 1. The van der Waals surface area contributed by atoms with Crippen LogP contribution in [0.5, 0.6) is 5.75 Å². The predicted molar refractivity (Wildman–Crippen MR) is 98.0 cm³/mol. The van der Waals surface area contributed by atoms with E-state index in [1.54, 1.807) is 42.7 Å². The van der Waals surface area contributed by atoms with Gasteiger partial charge in [-0.2, -0.15) is 0 Å². The first-order valence-corrected chi connectivity index (χ1v) is 9.12. The minimum atomic E-state index is -0.129. The number of hydrogen-bond donors (Lipinski definition) is 1. The Morgan fingerprint density at radius 2 is 2.00 bits per heavy atom. The van der Waals surface area contributed by atoms with Gasteiger partial charge in [0.2, 0.25) is 0 Å². The number of amides is 1. The zero-order valence-electron chi connectivity index (χ0n) is 14.7. The number of fused-ring (bicyclic) bond motifs is 1. The molecule has 24 heavy (non-hydrogen) atoms. The smallest absolute Gasteiger partial charge is 0.257 e. The molecule has 1 amide bonds. The van der Waals surface area contributed by atoms with Crippen molar-refractivity contribution in [2.75, 3.05) is 12.4 Å². The van der Waals surface area contributed by atoms with E-state index in [1.165, 1.54) is 11.3 Å². The molecule has 1 aliphatic rings. The fourth-order valence-corrected chi connectivity index (χ4v) is 4.16. The van der Waals surface area contributed by atoms with Gasteiger partial charge in [0.05, 0.1) is 12.8 Å². The highest BCUT2D eigenvalue weighted by atomic mass is 32.1. The predicted octanol–water partition coefficient (Wildman–Crippen LogP) is 4.56. The van der Waals surface area contributed by atoms with Crippen molar-refractivity contribution >= 4 is 22.4 Å². The molecule has 3 rings (SSSR count). The van der Waals surface area contributed by atoms with Crippen LogP contribution in [0.4, 0.5) is 5.13 Å². The topological polar surface area (TPSA) is 51.2 Å². The van der Waals surface area contributed by atoms with E-state index in [-0.39, 0.29) is 5.91 Å². The number of ether oxygens (including phenoxy) is 1. The van der Waals surface area contributed by atoms with E-state index in [0.717, 1.165) is 24.3 Å². The van der Waals surface area contributed by atoms with Gasteiger partial charge in [0.25, 0.3) is 5.91 Å². The van der Waals surface area contributed by atoms with Crippen LogP contribution in [-0.4, -0.2) is 18.0 Å². The Hall–Kier alpha value is -1.88. The number of carbonyl (C=O) groups is 1. The molecule has 1 aromatic heterocycles. The van der Waals surface area contributed by atoms with Gasteiger partial charge in [0.1, 0.15) is 5.75 Å². The summed E-state index contributed by atoms with van der Waals surface area (Å²) in [4.78, 5) is 18.3. The lowest BCUT2D eigenvalue weighted by molar-refractivity contribution is 0.102. The van der Waals surface area contributed by atoms with Crippen molar-refractivity contribution in [3.05, 3.63) is 40.4 Å². The zero-order valence-corrected chi connectivity index (χ0v) is 15.5. The molecule has 0 aliphatic heterocycles. The van der Waals surface area contributed by atoms with Crippen LogP contribution in [0.2, 0.25) is 0 Å². The molecular weight excluding hydrogens is 320 g/mol. The average molecular weight is 344 g/mol. The first-order chi connectivity index (χ1) is 11.4. The summed E-state index contributed by atoms with van der Waals surface area (Å²) in [5, 5.41) is 3.64. The molecule has 0 saturated carbocycles. The lowest BCUT2D eigenvalue weighted by Gasteiger charge is -2.33. The van der Waals surface area contributed by atoms with Crippen LogP contribution in [0.15, 0.2) is 24.3 Å². The van der Waals surface area contributed by atoms with Gasteiger partial charge >= 0.3 is 0 Å². The van der Waals surface area contributed by atoms with Gasteiger partial charge < -0.3 is 4.74 Å². The maximum atomic E-state index is 12.4. The van der Waals surface area contributed by atoms with Crippen molar-refractivity contribution in [1.82, 2.24) is 4.98 Å². The Labute approximate surface area is 147 Å². The van der Waals surface area contributed by atoms with Gasteiger partial charge in [0.15, 0.2) is 5.13 Å². The quantitative estimate of drug-likeness (QED) is 0.888. The summed E-state index contributed by atoms with van der Waals surface area (Å²) in [6, 6.07) is 7.10.